The van der Waals surface area contributed by atoms with Crippen LogP contribution < -0.4 is 0 Å². The zero-order valence-electron chi connectivity index (χ0n) is 10.0. The fourth-order valence-corrected chi connectivity index (χ4v) is 0. The third-order valence-electron chi connectivity index (χ3n) is 0.974. The molecule has 0 heterocycles. The Balaban J connectivity index is -0.000000135. The van der Waals surface area contributed by atoms with Crippen LogP contribution >= 0.6 is 36.5 Å². The Morgan fingerprint density at radius 3 is 1.14 bits per heavy atom. The summed E-state index contributed by atoms with van der Waals surface area (Å²) in [6.45, 7) is 12.7. The summed E-state index contributed by atoms with van der Waals surface area (Å²) in [5, 5.41) is 0. The van der Waals surface area contributed by atoms with Crippen molar-refractivity contribution >= 4 is 40.6 Å². The Bertz CT molecular complexity index is 104. The second-order valence-electron chi connectivity index (χ2n) is 2.45. The van der Waals surface area contributed by atoms with Crippen molar-refractivity contribution in [1.29, 1.82) is 0 Å². The minimum absolute atomic E-state index is 1.14. The first-order valence-corrected chi connectivity index (χ1v) is 13.3. The molecule has 0 aromatic carbocycles. The fraction of sp³-hybridized carbons (Fsp3) is 0.889. The third-order valence-corrected chi connectivity index (χ3v) is 6.86. The molecule has 0 aliphatic rings. The second-order valence-corrected chi connectivity index (χ2v) is 11.9. The molecule has 0 aromatic heterocycles. The molecule has 0 fully saturated rings. The van der Waals surface area contributed by atoms with Crippen molar-refractivity contribution in [3.05, 3.63) is 0 Å². The van der Waals surface area contributed by atoms with Crippen LogP contribution in [0.4, 0.5) is 0 Å². The Morgan fingerprint density at radius 1 is 1.00 bits per heavy atom. The van der Waals surface area contributed by atoms with Crippen molar-refractivity contribution in [1.82, 2.24) is 0 Å². The van der Waals surface area contributed by atoms with E-state index >= 15 is 0 Å². The van der Waals surface area contributed by atoms with Crippen LogP contribution in [0.25, 0.3) is 0 Å². The van der Waals surface area contributed by atoms with Gasteiger partial charge in [0.15, 0.2) is 0 Å². The predicted octanol–water partition coefficient (Wildman–Crippen LogP) is 4.75. The Morgan fingerprint density at radius 2 is 1.14 bits per heavy atom. The van der Waals surface area contributed by atoms with Crippen LogP contribution in [-0.4, -0.2) is 29.8 Å². The van der Waals surface area contributed by atoms with Gasteiger partial charge in [0.25, 0.3) is 0 Å². The number of hydrogen-bond acceptors (Lipinski definition) is 0. The molecule has 0 radical (unpaired) electrons. The molecule has 0 rings (SSSR count). The average Bonchev–Trinajstić information content (AvgIpc) is 2.18. The number of rotatable bonds is 2. The van der Waals surface area contributed by atoms with Crippen molar-refractivity contribution in [2.24, 2.45) is 0 Å². The first kappa shape index (κ1) is 21.2. The predicted molar refractivity (Wildman–Crippen MR) is 77.6 cm³/mol. The molecule has 5 heteroatoms. The molecule has 0 aromatic rings. The van der Waals surface area contributed by atoms with E-state index in [1.807, 2.05) is 13.8 Å². The van der Waals surface area contributed by atoms with Gasteiger partial charge >= 0.3 is 50.9 Å². The summed E-state index contributed by atoms with van der Waals surface area (Å²) in [6.07, 6.45) is 2.69. The molecule has 0 aliphatic heterocycles. The molecule has 14 heavy (non-hydrogen) atoms. The Labute approximate surface area is 107 Å². The molecule has 0 saturated carbocycles. The topological polar surface area (TPSA) is 0 Å². The van der Waals surface area contributed by atoms with E-state index in [9.17, 15) is 0 Å². The third kappa shape index (κ3) is 37.0. The summed E-state index contributed by atoms with van der Waals surface area (Å²) < 4.78 is 1.18. The SMILES string of the molecule is CCPC.CCPC.C[C](C)=[Ru]([Cl])[Cl]. The van der Waals surface area contributed by atoms with Gasteiger partial charge in [-0.1, -0.05) is 13.8 Å². The maximum atomic E-state index is 5.48. The van der Waals surface area contributed by atoms with E-state index in [1.54, 1.807) is 0 Å². The zero-order valence-corrected chi connectivity index (χ0v) is 15.3. The standard InChI is InChI=1S/2C3H9P.C3H6.2ClH.Ru/c2*1-3-4-2;1-3-2;;;/h2*4H,3H2,1-2H3;1-2H3;2*1H;/q;;;;;+2/p-2. The van der Waals surface area contributed by atoms with Gasteiger partial charge < -0.3 is 0 Å². The number of hydrogen-bond donors (Lipinski definition) is 0. The molecule has 0 saturated heterocycles. The summed E-state index contributed by atoms with van der Waals surface area (Å²) in [5.74, 6) is 0. The van der Waals surface area contributed by atoms with Gasteiger partial charge in [-0.05, 0) is 25.7 Å². The van der Waals surface area contributed by atoms with Crippen molar-refractivity contribution in [2.45, 2.75) is 27.7 Å². The van der Waals surface area contributed by atoms with Crippen LogP contribution in [0, 0.1) is 0 Å². The monoisotopic (exact) mass is 366 g/mol. The van der Waals surface area contributed by atoms with Gasteiger partial charge in [-0.15, -0.1) is 17.2 Å². The summed E-state index contributed by atoms with van der Waals surface area (Å²) >= 11 is -1.42. The van der Waals surface area contributed by atoms with E-state index < -0.39 is 13.5 Å². The summed E-state index contributed by atoms with van der Waals surface area (Å²) in [4.78, 5) is 0. The van der Waals surface area contributed by atoms with Crippen molar-refractivity contribution in [2.75, 3.05) is 25.7 Å². The van der Waals surface area contributed by atoms with Gasteiger partial charge in [0.2, 0.25) is 0 Å². The zero-order chi connectivity index (χ0) is 12.0. The van der Waals surface area contributed by atoms with Gasteiger partial charge in [-0.3, -0.25) is 0 Å². The molecule has 0 spiro atoms. The van der Waals surface area contributed by atoms with Gasteiger partial charge in [-0.2, -0.15) is 0 Å². The van der Waals surface area contributed by atoms with E-state index in [-0.39, 0.29) is 0 Å². The molecule has 2 unspecified atom stereocenters. The van der Waals surface area contributed by atoms with Crippen molar-refractivity contribution in [3.8, 4) is 0 Å². The van der Waals surface area contributed by atoms with Crippen LogP contribution in [0.15, 0.2) is 0 Å². The van der Waals surface area contributed by atoms with E-state index in [0.717, 1.165) is 17.2 Å². The van der Waals surface area contributed by atoms with Crippen LogP contribution in [0.5, 0.6) is 0 Å². The van der Waals surface area contributed by atoms with Gasteiger partial charge in [0, 0.05) is 0 Å². The first-order chi connectivity index (χ1) is 6.47. The molecular formula is C9H24Cl2P2Ru. The van der Waals surface area contributed by atoms with Crippen LogP contribution in [0.1, 0.15) is 27.7 Å². The first-order valence-electron chi connectivity index (χ1n) is 4.57. The van der Waals surface area contributed by atoms with Gasteiger partial charge in [-0.25, -0.2) is 0 Å². The summed E-state index contributed by atoms with van der Waals surface area (Å²) in [6, 6.07) is 0. The molecule has 0 bridgehead atoms. The quantitative estimate of drug-likeness (QED) is 0.489. The molecule has 0 aliphatic carbocycles. The summed E-state index contributed by atoms with van der Waals surface area (Å²) in [5.41, 5.74) is 0. The van der Waals surface area contributed by atoms with Crippen molar-refractivity contribution in [3.63, 3.8) is 0 Å². The fourth-order valence-electron chi connectivity index (χ4n) is 0. The van der Waals surface area contributed by atoms with E-state index in [1.165, 1.54) is 16.4 Å². The van der Waals surface area contributed by atoms with E-state index in [2.05, 4.69) is 27.2 Å². The molecule has 0 nitrogen and oxygen atoms in total. The van der Waals surface area contributed by atoms with E-state index in [0.29, 0.717) is 0 Å². The maximum absolute atomic E-state index is 5.48. The molecule has 2 atom stereocenters. The Hall–Kier alpha value is 1.93. The average molecular weight is 366 g/mol. The van der Waals surface area contributed by atoms with Gasteiger partial charge in [0.1, 0.15) is 0 Å². The molecule has 0 amide bonds. The normalized spacial score (nSPS) is 10.7. The van der Waals surface area contributed by atoms with Gasteiger partial charge in [0.05, 0.1) is 0 Å². The minimum atomic E-state index is -1.42. The summed E-state index contributed by atoms with van der Waals surface area (Å²) in [7, 11) is 13.2. The van der Waals surface area contributed by atoms with Crippen LogP contribution in [0.3, 0.4) is 0 Å². The molecular weight excluding hydrogens is 342 g/mol. The van der Waals surface area contributed by atoms with Crippen molar-refractivity contribution < 1.29 is 13.5 Å². The Kier molecular flexibility index (Phi) is 30.9. The molecule has 92 valence electrons. The van der Waals surface area contributed by atoms with Crippen LogP contribution in [-0.2, 0) is 13.5 Å². The number of halogens is 2. The van der Waals surface area contributed by atoms with Crippen LogP contribution in [0.2, 0.25) is 0 Å². The van der Waals surface area contributed by atoms with E-state index in [4.69, 9.17) is 19.4 Å². The second kappa shape index (κ2) is 20.4. The molecule has 0 N–H and O–H groups in total.